The molecule has 0 spiro atoms. The van der Waals surface area contributed by atoms with Crippen LogP contribution < -0.4 is 11.1 Å². The summed E-state index contributed by atoms with van der Waals surface area (Å²) in [5.74, 6) is 0.0749. The lowest BCUT2D eigenvalue weighted by molar-refractivity contribution is -0.119. The quantitative estimate of drug-likeness (QED) is 0.887. The molecule has 3 N–H and O–H groups in total. The standard InChI is InChI=1S/C15H16BrN3O/c16-11-6-9-2-1-3-13(14(9)18-8-11)19-15(20)10-4-5-12(17)7-10/h1-3,6,8,10,12H,4-5,7,17H2,(H,19,20). The molecule has 1 aromatic heterocycles. The number of fused-ring (bicyclic) bond motifs is 1. The third kappa shape index (κ3) is 2.69. The van der Waals surface area contributed by atoms with Crippen molar-refractivity contribution >= 4 is 38.4 Å². The second kappa shape index (κ2) is 5.50. The van der Waals surface area contributed by atoms with E-state index in [9.17, 15) is 4.79 Å². The molecular weight excluding hydrogens is 318 g/mol. The molecule has 1 aromatic carbocycles. The third-order valence-corrected chi connectivity index (χ3v) is 4.21. The zero-order valence-corrected chi connectivity index (χ0v) is 12.6. The molecule has 1 fully saturated rings. The molecule has 2 aromatic rings. The van der Waals surface area contributed by atoms with Gasteiger partial charge in [-0.2, -0.15) is 0 Å². The van der Waals surface area contributed by atoms with Crippen molar-refractivity contribution in [2.24, 2.45) is 11.7 Å². The molecule has 4 nitrogen and oxygen atoms in total. The van der Waals surface area contributed by atoms with Crippen LogP contribution in [0.15, 0.2) is 34.9 Å². The predicted molar refractivity (Wildman–Crippen MR) is 83.4 cm³/mol. The number of aromatic nitrogens is 1. The van der Waals surface area contributed by atoms with E-state index in [-0.39, 0.29) is 17.9 Å². The van der Waals surface area contributed by atoms with E-state index >= 15 is 0 Å². The van der Waals surface area contributed by atoms with Crippen molar-refractivity contribution in [3.8, 4) is 0 Å². The van der Waals surface area contributed by atoms with Crippen LogP contribution >= 0.6 is 15.9 Å². The molecule has 0 radical (unpaired) electrons. The molecule has 104 valence electrons. The van der Waals surface area contributed by atoms with Crippen LogP contribution in [-0.4, -0.2) is 16.9 Å². The molecule has 2 atom stereocenters. The van der Waals surface area contributed by atoms with Gasteiger partial charge in [-0.05, 0) is 47.3 Å². The van der Waals surface area contributed by atoms with Gasteiger partial charge < -0.3 is 11.1 Å². The summed E-state index contributed by atoms with van der Waals surface area (Å²) in [6.07, 6.45) is 4.31. The highest BCUT2D eigenvalue weighted by molar-refractivity contribution is 9.10. The Morgan fingerprint density at radius 3 is 3.00 bits per heavy atom. The van der Waals surface area contributed by atoms with E-state index in [4.69, 9.17) is 5.73 Å². The summed E-state index contributed by atoms with van der Waals surface area (Å²) >= 11 is 3.40. The van der Waals surface area contributed by atoms with Gasteiger partial charge in [0.15, 0.2) is 0 Å². The Labute approximate surface area is 125 Å². The Kier molecular flexibility index (Phi) is 3.72. The number of nitrogens with two attached hydrogens (primary N) is 1. The summed E-state index contributed by atoms with van der Waals surface area (Å²) in [6.45, 7) is 0. The fourth-order valence-corrected chi connectivity index (χ4v) is 3.07. The topological polar surface area (TPSA) is 68.0 Å². The number of benzene rings is 1. The Bertz CT molecular complexity index is 659. The third-order valence-electron chi connectivity index (χ3n) is 3.78. The van der Waals surface area contributed by atoms with Gasteiger partial charge in [0.05, 0.1) is 11.2 Å². The van der Waals surface area contributed by atoms with Crippen molar-refractivity contribution in [2.45, 2.75) is 25.3 Å². The summed E-state index contributed by atoms with van der Waals surface area (Å²) in [5, 5.41) is 3.99. The molecule has 1 amide bonds. The molecule has 20 heavy (non-hydrogen) atoms. The van der Waals surface area contributed by atoms with Gasteiger partial charge in [-0.15, -0.1) is 0 Å². The van der Waals surface area contributed by atoms with E-state index in [1.165, 1.54) is 0 Å². The summed E-state index contributed by atoms with van der Waals surface area (Å²) in [6, 6.07) is 7.94. The minimum Gasteiger partial charge on any atom is -0.328 e. The Hall–Kier alpha value is -1.46. The summed E-state index contributed by atoms with van der Waals surface area (Å²) in [5.41, 5.74) is 7.44. The number of amides is 1. The van der Waals surface area contributed by atoms with Gasteiger partial charge in [0.25, 0.3) is 0 Å². The van der Waals surface area contributed by atoms with Crippen LogP contribution in [-0.2, 0) is 4.79 Å². The molecule has 5 heteroatoms. The number of hydrogen-bond acceptors (Lipinski definition) is 3. The number of carbonyl (C=O) groups is 1. The summed E-state index contributed by atoms with van der Waals surface area (Å²) in [7, 11) is 0. The van der Waals surface area contributed by atoms with Gasteiger partial charge in [-0.3, -0.25) is 9.78 Å². The number of pyridine rings is 1. The van der Waals surface area contributed by atoms with Crippen molar-refractivity contribution < 1.29 is 4.79 Å². The average Bonchev–Trinajstić information content (AvgIpc) is 2.85. The zero-order valence-electron chi connectivity index (χ0n) is 11.0. The summed E-state index contributed by atoms with van der Waals surface area (Å²) < 4.78 is 0.926. The van der Waals surface area contributed by atoms with Crippen LogP contribution in [0.1, 0.15) is 19.3 Å². The second-order valence-electron chi connectivity index (χ2n) is 5.29. The van der Waals surface area contributed by atoms with E-state index in [1.807, 2.05) is 24.3 Å². The van der Waals surface area contributed by atoms with Gasteiger partial charge >= 0.3 is 0 Å². The van der Waals surface area contributed by atoms with E-state index in [1.54, 1.807) is 6.20 Å². The second-order valence-corrected chi connectivity index (χ2v) is 6.21. The van der Waals surface area contributed by atoms with Crippen LogP contribution in [0.4, 0.5) is 5.69 Å². The van der Waals surface area contributed by atoms with Crippen molar-refractivity contribution in [1.29, 1.82) is 0 Å². The first kappa shape index (κ1) is 13.5. The predicted octanol–water partition coefficient (Wildman–Crippen LogP) is 3.06. The minimum absolute atomic E-state index is 0.0238. The van der Waals surface area contributed by atoms with Crippen LogP contribution in [0.5, 0.6) is 0 Å². The highest BCUT2D eigenvalue weighted by atomic mass is 79.9. The van der Waals surface area contributed by atoms with E-state index in [2.05, 4.69) is 26.2 Å². The normalized spacial score (nSPS) is 22.1. The lowest BCUT2D eigenvalue weighted by atomic mass is 10.1. The maximum absolute atomic E-state index is 12.3. The molecule has 3 rings (SSSR count). The molecule has 1 heterocycles. The SMILES string of the molecule is NC1CCC(C(=O)Nc2cccc3cc(Br)cnc23)C1. The Morgan fingerprint density at radius 2 is 2.25 bits per heavy atom. The first-order valence-electron chi connectivity index (χ1n) is 6.74. The largest absolute Gasteiger partial charge is 0.328 e. The van der Waals surface area contributed by atoms with Crippen LogP contribution in [0.2, 0.25) is 0 Å². The first-order valence-corrected chi connectivity index (χ1v) is 7.53. The molecule has 1 saturated carbocycles. The number of carbonyl (C=O) groups excluding carboxylic acids is 1. The zero-order chi connectivity index (χ0) is 14.1. The van der Waals surface area contributed by atoms with Crippen molar-refractivity contribution in [3.05, 3.63) is 34.9 Å². The molecule has 0 saturated heterocycles. The van der Waals surface area contributed by atoms with E-state index in [0.29, 0.717) is 0 Å². The minimum atomic E-state index is 0.0238. The molecule has 2 unspecified atom stereocenters. The van der Waals surface area contributed by atoms with Crippen LogP contribution in [0, 0.1) is 5.92 Å². The molecule has 0 aliphatic heterocycles. The highest BCUT2D eigenvalue weighted by Crippen LogP contribution is 2.28. The lowest BCUT2D eigenvalue weighted by Crippen LogP contribution is -2.23. The number of para-hydroxylation sites is 1. The highest BCUT2D eigenvalue weighted by Gasteiger charge is 2.28. The van der Waals surface area contributed by atoms with Gasteiger partial charge in [0, 0.05) is 28.0 Å². The first-order chi connectivity index (χ1) is 9.63. The van der Waals surface area contributed by atoms with Gasteiger partial charge in [-0.1, -0.05) is 12.1 Å². The molecular formula is C15H16BrN3O. The maximum Gasteiger partial charge on any atom is 0.227 e. The molecule has 1 aliphatic rings. The molecule has 1 aliphatic carbocycles. The number of nitrogens with one attached hydrogen (secondary N) is 1. The van der Waals surface area contributed by atoms with Crippen molar-refractivity contribution in [2.75, 3.05) is 5.32 Å². The van der Waals surface area contributed by atoms with Crippen LogP contribution in [0.25, 0.3) is 10.9 Å². The smallest absolute Gasteiger partial charge is 0.227 e. The molecule has 0 bridgehead atoms. The Morgan fingerprint density at radius 1 is 1.40 bits per heavy atom. The fraction of sp³-hybridized carbons (Fsp3) is 0.333. The Balaban J connectivity index is 1.85. The lowest BCUT2D eigenvalue weighted by Gasteiger charge is -2.12. The van der Waals surface area contributed by atoms with E-state index in [0.717, 1.165) is 40.3 Å². The van der Waals surface area contributed by atoms with Gasteiger partial charge in [0.1, 0.15) is 0 Å². The number of rotatable bonds is 2. The maximum atomic E-state index is 12.3. The van der Waals surface area contributed by atoms with Gasteiger partial charge in [0.2, 0.25) is 5.91 Å². The van der Waals surface area contributed by atoms with E-state index < -0.39 is 0 Å². The number of halogens is 1. The summed E-state index contributed by atoms with van der Waals surface area (Å²) in [4.78, 5) is 16.7. The number of nitrogens with zero attached hydrogens (tertiary/aromatic N) is 1. The number of anilines is 1. The van der Waals surface area contributed by atoms with Crippen molar-refractivity contribution in [1.82, 2.24) is 4.98 Å². The average molecular weight is 334 g/mol. The van der Waals surface area contributed by atoms with Crippen molar-refractivity contribution in [3.63, 3.8) is 0 Å². The fourth-order valence-electron chi connectivity index (χ4n) is 2.72. The van der Waals surface area contributed by atoms with Gasteiger partial charge in [-0.25, -0.2) is 0 Å². The number of hydrogen-bond donors (Lipinski definition) is 2. The monoisotopic (exact) mass is 333 g/mol. The van der Waals surface area contributed by atoms with Crippen LogP contribution in [0.3, 0.4) is 0 Å².